The lowest BCUT2D eigenvalue weighted by atomic mass is 10.1. The van der Waals surface area contributed by atoms with Crippen molar-refractivity contribution in [2.45, 2.75) is 6.92 Å². The third kappa shape index (κ3) is 2.04. The van der Waals surface area contributed by atoms with Crippen molar-refractivity contribution in [3.8, 4) is 17.1 Å². The van der Waals surface area contributed by atoms with Gasteiger partial charge in [0.25, 0.3) is 0 Å². The zero-order valence-corrected chi connectivity index (χ0v) is 11.7. The van der Waals surface area contributed by atoms with Gasteiger partial charge in [0.15, 0.2) is 5.82 Å². The molecule has 5 heteroatoms. The molecule has 0 aliphatic carbocycles. The predicted octanol–water partition coefficient (Wildman–Crippen LogP) is 3.48. The number of aromatic nitrogens is 3. The number of aryl methyl sites for hydroxylation is 1. The molecular weight excluding hydrogens is 272 g/mol. The number of halogens is 1. The van der Waals surface area contributed by atoms with Crippen LogP contribution in [0.25, 0.3) is 17.1 Å². The fraction of sp³-hybridized carbons (Fsp3) is 0.0667. The third-order valence-electron chi connectivity index (χ3n) is 3.13. The van der Waals surface area contributed by atoms with E-state index in [4.69, 9.17) is 17.3 Å². The Kier molecular flexibility index (Phi) is 3.16. The van der Waals surface area contributed by atoms with Crippen LogP contribution in [-0.4, -0.2) is 14.8 Å². The predicted molar refractivity (Wildman–Crippen MR) is 81.0 cm³/mol. The van der Waals surface area contributed by atoms with Crippen LogP contribution in [0.5, 0.6) is 0 Å². The highest BCUT2D eigenvalue weighted by molar-refractivity contribution is 6.33. The molecule has 1 aromatic heterocycles. The highest BCUT2D eigenvalue weighted by Crippen LogP contribution is 2.31. The van der Waals surface area contributed by atoms with E-state index in [2.05, 4.69) is 10.2 Å². The molecule has 0 atom stereocenters. The first-order valence-electron chi connectivity index (χ1n) is 6.20. The largest absolute Gasteiger partial charge is 0.397 e. The highest BCUT2D eigenvalue weighted by Gasteiger charge is 2.15. The molecule has 0 saturated carbocycles. The summed E-state index contributed by atoms with van der Waals surface area (Å²) in [7, 11) is 0. The lowest BCUT2D eigenvalue weighted by Crippen LogP contribution is -2.01. The van der Waals surface area contributed by atoms with Gasteiger partial charge in [0.1, 0.15) is 5.82 Å². The second-order valence-corrected chi connectivity index (χ2v) is 4.85. The van der Waals surface area contributed by atoms with Crippen molar-refractivity contribution in [1.82, 2.24) is 14.8 Å². The van der Waals surface area contributed by atoms with Crippen molar-refractivity contribution in [2.75, 3.05) is 5.73 Å². The number of benzene rings is 2. The van der Waals surface area contributed by atoms with Gasteiger partial charge in [-0.25, -0.2) is 0 Å². The standard InChI is InChI=1S/C15H13ClN4/c1-10-18-19-15(12-8-5-9-13(16)14(12)17)20(10)11-6-3-2-4-7-11/h2-9H,17H2,1H3. The maximum atomic E-state index is 6.09. The quantitative estimate of drug-likeness (QED) is 0.733. The van der Waals surface area contributed by atoms with Gasteiger partial charge in [0, 0.05) is 11.3 Å². The topological polar surface area (TPSA) is 56.7 Å². The number of anilines is 1. The lowest BCUT2D eigenvalue weighted by molar-refractivity contribution is 0.972. The first-order valence-corrected chi connectivity index (χ1v) is 6.58. The Morgan fingerprint density at radius 1 is 1.00 bits per heavy atom. The van der Waals surface area contributed by atoms with E-state index in [1.165, 1.54) is 0 Å². The monoisotopic (exact) mass is 284 g/mol. The summed E-state index contributed by atoms with van der Waals surface area (Å²) in [6.45, 7) is 1.91. The summed E-state index contributed by atoms with van der Waals surface area (Å²) in [5.41, 5.74) is 8.34. The zero-order valence-electron chi connectivity index (χ0n) is 10.9. The Labute approximate surface area is 121 Å². The third-order valence-corrected chi connectivity index (χ3v) is 3.46. The Morgan fingerprint density at radius 2 is 1.75 bits per heavy atom. The van der Waals surface area contributed by atoms with E-state index in [9.17, 15) is 0 Å². The molecule has 0 amide bonds. The highest BCUT2D eigenvalue weighted by atomic mass is 35.5. The normalized spacial score (nSPS) is 10.7. The van der Waals surface area contributed by atoms with Crippen LogP contribution in [0, 0.1) is 6.92 Å². The van der Waals surface area contributed by atoms with Gasteiger partial charge in [0.2, 0.25) is 0 Å². The minimum Gasteiger partial charge on any atom is -0.397 e. The number of hydrogen-bond donors (Lipinski definition) is 1. The molecule has 3 rings (SSSR count). The minimum absolute atomic E-state index is 0.513. The molecule has 0 aliphatic rings. The van der Waals surface area contributed by atoms with Crippen LogP contribution >= 0.6 is 11.6 Å². The second kappa shape index (κ2) is 4.98. The van der Waals surface area contributed by atoms with Crippen LogP contribution in [0.2, 0.25) is 5.02 Å². The molecule has 0 aliphatic heterocycles. The van der Waals surface area contributed by atoms with Gasteiger partial charge in [-0.15, -0.1) is 10.2 Å². The molecule has 0 unspecified atom stereocenters. The summed E-state index contributed by atoms with van der Waals surface area (Å²) in [6.07, 6.45) is 0. The van der Waals surface area contributed by atoms with E-state index in [0.29, 0.717) is 16.5 Å². The SMILES string of the molecule is Cc1nnc(-c2cccc(Cl)c2N)n1-c1ccccc1. The van der Waals surface area contributed by atoms with Crippen molar-refractivity contribution in [1.29, 1.82) is 0 Å². The van der Waals surface area contributed by atoms with Gasteiger partial charge in [-0.1, -0.05) is 35.9 Å². The van der Waals surface area contributed by atoms with Gasteiger partial charge in [-0.2, -0.15) is 0 Å². The molecule has 2 N–H and O–H groups in total. The number of nitrogens with two attached hydrogens (primary N) is 1. The van der Waals surface area contributed by atoms with Crippen LogP contribution in [0.4, 0.5) is 5.69 Å². The maximum Gasteiger partial charge on any atom is 0.170 e. The Balaban J connectivity index is 2.24. The van der Waals surface area contributed by atoms with Crippen molar-refractivity contribution in [3.63, 3.8) is 0 Å². The molecule has 0 saturated heterocycles. The number of nitrogen functional groups attached to an aromatic ring is 1. The fourth-order valence-electron chi connectivity index (χ4n) is 2.15. The van der Waals surface area contributed by atoms with Crippen molar-refractivity contribution >= 4 is 17.3 Å². The molecule has 0 radical (unpaired) electrons. The van der Waals surface area contributed by atoms with Gasteiger partial charge in [0.05, 0.1) is 10.7 Å². The molecule has 3 aromatic rings. The molecule has 1 heterocycles. The lowest BCUT2D eigenvalue weighted by Gasteiger charge is -2.10. The Bertz CT molecular complexity index is 750. The summed E-state index contributed by atoms with van der Waals surface area (Å²) < 4.78 is 1.96. The van der Waals surface area contributed by atoms with Crippen molar-refractivity contribution in [2.24, 2.45) is 0 Å². The van der Waals surface area contributed by atoms with E-state index >= 15 is 0 Å². The number of nitrogens with zero attached hydrogens (tertiary/aromatic N) is 3. The average Bonchev–Trinajstić information content (AvgIpc) is 2.84. The summed E-state index contributed by atoms with van der Waals surface area (Å²) in [5, 5.41) is 8.91. The average molecular weight is 285 g/mol. The number of rotatable bonds is 2. The van der Waals surface area contributed by atoms with Crippen LogP contribution in [0.3, 0.4) is 0 Å². The van der Waals surface area contributed by atoms with Crippen molar-refractivity contribution < 1.29 is 0 Å². The zero-order chi connectivity index (χ0) is 14.1. The number of para-hydroxylation sites is 2. The summed E-state index contributed by atoms with van der Waals surface area (Å²) in [5.74, 6) is 1.49. The van der Waals surface area contributed by atoms with Crippen LogP contribution < -0.4 is 5.73 Å². The first kappa shape index (κ1) is 12.7. The maximum absolute atomic E-state index is 6.09. The van der Waals surface area contributed by atoms with E-state index in [1.807, 2.05) is 54.0 Å². The second-order valence-electron chi connectivity index (χ2n) is 4.44. The Hall–Kier alpha value is -2.33. The van der Waals surface area contributed by atoms with Gasteiger partial charge in [-0.3, -0.25) is 4.57 Å². The number of hydrogen-bond acceptors (Lipinski definition) is 3. The Morgan fingerprint density at radius 3 is 2.50 bits per heavy atom. The fourth-order valence-corrected chi connectivity index (χ4v) is 2.33. The van der Waals surface area contributed by atoms with E-state index < -0.39 is 0 Å². The summed E-state index contributed by atoms with van der Waals surface area (Å²) in [4.78, 5) is 0. The molecule has 0 bridgehead atoms. The van der Waals surface area contributed by atoms with Gasteiger partial charge >= 0.3 is 0 Å². The summed E-state index contributed by atoms with van der Waals surface area (Å²) in [6, 6.07) is 15.4. The van der Waals surface area contributed by atoms with Gasteiger partial charge in [-0.05, 0) is 31.2 Å². The molecule has 0 spiro atoms. The van der Waals surface area contributed by atoms with E-state index in [1.54, 1.807) is 6.07 Å². The molecule has 0 fully saturated rings. The molecule has 4 nitrogen and oxygen atoms in total. The molecular formula is C15H13ClN4. The van der Waals surface area contributed by atoms with Gasteiger partial charge < -0.3 is 5.73 Å². The first-order chi connectivity index (χ1) is 9.68. The smallest absolute Gasteiger partial charge is 0.170 e. The van der Waals surface area contributed by atoms with Crippen LogP contribution in [-0.2, 0) is 0 Å². The van der Waals surface area contributed by atoms with Crippen molar-refractivity contribution in [3.05, 3.63) is 59.4 Å². The molecule has 20 heavy (non-hydrogen) atoms. The van der Waals surface area contributed by atoms with Crippen LogP contribution in [0.15, 0.2) is 48.5 Å². The molecule has 100 valence electrons. The minimum atomic E-state index is 0.513. The van der Waals surface area contributed by atoms with E-state index in [0.717, 1.165) is 17.1 Å². The van der Waals surface area contributed by atoms with E-state index in [-0.39, 0.29) is 0 Å². The van der Waals surface area contributed by atoms with Crippen LogP contribution in [0.1, 0.15) is 5.82 Å². The summed E-state index contributed by atoms with van der Waals surface area (Å²) >= 11 is 6.09. The molecule has 2 aromatic carbocycles.